The summed E-state index contributed by atoms with van der Waals surface area (Å²) in [7, 11) is 0. The first-order valence-electron chi connectivity index (χ1n) is 12.6. The SMILES string of the molecule is CC[CH-]c1ccccc1.[CH2-]C(C)C(=O)Nc1cccc(NC(=O)C(N=Nc2ccc3[nH]c(=O)[nH]c3c2)=C(C)O)c1.[Co+2]. The molecule has 215 valence electrons. The zero-order valence-electron chi connectivity index (χ0n) is 22.9. The number of nitrogens with zero attached hydrogens (tertiary/aromatic N) is 2. The van der Waals surface area contributed by atoms with E-state index in [1.54, 1.807) is 49.4 Å². The zero-order chi connectivity index (χ0) is 29.1. The monoisotopic (exact) mass is 599 g/mol. The van der Waals surface area contributed by atoms with Crippen molar-refractivity contribution in [3.05, 3.63) is 114 Å². The van der Waals surface area contributed by atoms with Crippen LogP contribution in [0.15, 0.2) is 99.3 Å². The molecule has 5 N–H and O–H groups in total. The summed E-state index contributed by atoms with van der Waals surface area (Å²) in [4.78, 5) is 41.0. The smallest absolute Gasteiger partial charge is 0.510 e. The first-order valence-corrected chi connectivity index (χ1v) is 12.6. The van der Waals surface area contributed by atoms with E-state index in [1.165, 1.54) is 12.5 Å². The third-order valence-electron chi connectivity index (χ3n) is 5.40. The predicted octanol–water partition coefficient (Wildman–Crippen LogP) is 6.42. The molecule has 0 spiro atoms. The molecule has 0 aliphatic carbocycles. The molecule has 4 aromatic rings. The number of H-pyrrole nitrogens is 2. The number of hydrogen-bond donors (Lipinski definition) is 5. The van der Waals surface area contributed by atoms with E-state index < -0.39 is 11.8 Å². The van der Waals surface area contributed by atoms with Gasteiger partial charge in [0, 0.05) is 11.4 Å². The molecule has 1 unspecified atom stereocenters. The van der Waals surface area contributed by atoms with Gasteiger partial charge in [-0.1, -0.05) is 38.3 Å². The van der Waals surface area contributed by atoms with Crippen molar-refractivity contribution in [1.29, 1.82) is 0 Å². The molecule has 4 rings (SSSR count). The van der Waals surface area contributed by atoms with Gasteiger partial charge in [0.15, 0.2) is 11.6 Å². The van der Waals surface area contributed by atoms with Gasteiger partial charge in [0.05, 0.1) is 16.7 Å². The van der Waals surface area contributed by atoms with E-state index in [9.17, 15) is 19.5 Å². The van der Waals surface area contributed by atoms with Crippen LogP contribution in [0.25, 0.3) is 11.0 Å². The topological polar surface area (TPSA) is 152 Å². The number of fused-ring (bicyclic) bond motifs is 1. The molecule has 0 bridgehead atoms. The fourth-order valence-corrected chi connectivity index (χ4v) is 3.43. The van der Waals surface area contributed by atoms with Crippen molar-refractivity contribution in [2.45, 2.75) is 27.2 Å². The third kappa shape index (κ3) is 10.1. The van der Waals surface area contributed by atoms with Gasteiger partial charge in [-0.3, -0.25) is 9.59 Å². The summed E-state index contributed by atoms with van der Waals surface area (Å²) in [5.74, 6) is -1.71. The number of aromatic nitrogens is 2. The molecule has 41 heavy (non-hydrogen) atoms. The van der Waals surface area contributed by atoms with Crippen LogP contribution in [0.5, 0.6) is 0 Å². The number of rotatable bonds is 8. The zero-order valence-corrected chi connectivity index (χ0v) is 23.9. The van der Waals surface area contributed by atoms with Crippen molar-refractivity contribution in [2.75, 3.05) is 10.6 Å². The summed E-state index contributed by atoms with van der Waals surface area (Å²) >= 11 is 0. The Labute approximate surface area is 248 Å². The number of hydrogen-bond acceptors (Lipinski definition) is 6. The maximum absolute atomic E-state index is 12.6. The van der Waals surface area contributed by atoms with E-state index >= 15 is 0 Å². The maximum Gasteiger partial charge on any atom is 2.00 e. The first-order chi connectivity index (χ1) is 19.2. The Hall–Kier alpha value is -4.61. The summed E-state index contributed by atoms with van der Waals surface area (Å²) in [6.07, 6.45) is 3.32. The molecule has 0 fully saturated rings. The van der Waals surface area contributed by atoms with Crippen molar-refractivity contribution in [3.8, 4) is 0 Å². The van der Waals surface area contributed by atoms with Crippen LogP contribution in [0.1, 0.15) is 32.8 Å². The summed E-state index contributed by atoms with van der Waals surface area (Å²) in [5.41, 5.74) is 3.08. The van der Waals surface area contributed by atoms with Gasteiger partial charge in [-0.25, -0.2) is 4.79 Å². The van der Waals surface area contributed by atoms with Crippen LogP contribution in [0.4, 0.5) is 17.1 Å². The number of aromatic amines is 2. The molecule has 1 radical (unpaired) electrons. The number of azo groups is 1. The second kappa shape index (κ2) is 15.8. The normalized spacial score (nSPS) is 11.9. The maximum atomic E-state index is 12.6. The standard InChI is InChI=1S/C21H21N6O4.C9H11.Co/c1-11(2)19(29)22-13-5-4-6-14(9-13)23-20(30)18(12(3)28)27-26-15-7-8-16-17(10-15)25-21(31)24-16;1-2-6-9-7-4-3-5-8-9;/h4-11,28H,1H2,2-3H3,(H,22,29)(H,23,30)(H2,24,25,31);3-8H,2H2,1H3;/q2*-1;+2. The largest absolute Gasteiger partial charge is 2.00 e. The van der Waals surface area contributed by atoms with Gasteiger partial charge in [-0.05, 0) is 43.3 Å². The molecule has 11 heteroatoms. The third-order valence-corrected chi connectivity index (χ3v) is 5.40. The van der Waals surface area contributed by atoms with Crippen LogP contribution in [0.2, 0.25) is 0 Å². The van der Waals surface area contributed by atoms with Crippen molar-refractivity contribution in [2.24, 2.45) is 16.1 Å². The average molecular weight is 600 g/mol. The van der Waals surface area contributed by atoms with Crippen LogP contribution >= 0.6 is 0 Å². The molecule has 1 atom stereocenters. The quantitative estimate of drug-likeness (QED) is 0.0687. The van der Waals surface area contributed by atoms with E-state index in [0.29, 0.717) is 28.1 Å². The first kappa shape index (κ1) is 32.6. The fourth-order valence-electron chi connectivity index (χ4n) is 3.43. The summed E-state index contributed by atoms with van der Waals surface area (Å²) in [6, 6.07) is 21.7. The minimum absolute atomic E-state index is 0. The molecular formula is C30H32CoN6O4. The molecule has 3 aromatic carbocycles. The van der Waals surface area contributed by atoms with Gasteiger partial charge >= 0.3 is 22.5 Å². The van der Waals surface area contributed by atoms with Crippen molar-refractivity contribution >= 4 is 39.9 Å². The molecule has 2 amide bonds. The van der Waals surface area contributed by atoms with Gasteiger partial charge in [0.2, 0.25) is 0 Å². The summed E-state index contributed by atoms with van der Waals surface area (Å²) in [5, 5.41) is 23.0. The summed E-state index contributed by atoms with van der Waals surface area (Å²) in [6.45, 7) is 8.78. The number of aliphatic hydroxyl groups excluding tert-OH is 1. The van der Waals surface area contributed by atoms with Crippen LogP contribution in [-0.2, 0) is 26.4 Å². The molecule has 0 aliphatic heterocycles. The Bertz CT molecular complexity index is 1570. The number of carbonyl (C=O) groups is 2. The van der Waals surface area contributed by atoms with Crippen molar-refractivity contribution < 1.29 is 31.5 Å². The molecule has 0 aliphatic rings. The Balaban J connectivity index is 0.000000501. The van der Waals surface area contributed by atoms with Crippen molar-refractivity contribution in [3.63, 3.8) is 0 Å². The average Bonchev–Trinajstić information content (AvgIpc) is 3.29. The molecular weight excluding hydrogens is 567 g/mol. The number of anilines is 2. The Morgan fingerprint density at radius 1 is 0.976 bits per heavy atom. The number of allylic oxidation sites excluding steroid dienone is 1. The van der Waals surface area contributed by atoms with E-state index in [0.717, 1.165) is 6.42 Å². The Kier molecular flexibility index (Phi) is 12.6. The van der Waals surface area contributed by atoms with E-state index in [-0.39, 0.29) is 39.8 Å². The number of nitrogens with one attached hydrogen (secondary N) is 4. The number of carbonyl (C=O) groups excluding carboxylic acids is 2. The Morgan fingerprint density at radius 2 is 1.63 bits per heavy atom. The van der Waals surface area contributed by atoms with E-state index in [2.05, 4.69) is 75.4 Å². The van der Waals surface area contributed by atoms with Gasteiger partial charge in [0.1, 0.15) is 5.76 Å². The molecule has 1 heterocycles. The summed E-state index contributed by atoms with van der Waals surface area (Å²) < 4.78 is 0. The molecule has 1 aromatic heterocycles. The second-order valence-electron chi connectivity index (χ2n) is 8.89. The minimum Gasteiger partial charge on any atom is -0.510 e. The molecule has 10 nitrogen and oxygen atoms in total. The van der Waals surface area contributed by atoms with Crippen LogP contribution < -0.4 is 16.3 Å². The van der Waals surface area contributed by atoms with Crippen LogP contribution in [-0.4, -0.2) is 26.9 Å². The van der Waals surface area contributed by atoms with Gasteiger partial charge in [-0.15, -0.1) is 17.2 Å². The number of amides is 2. The van der Waals surface area contributed by atoms with Crippen molar-refractivity contribution in [1.82, 2.24) is 9.97 Å². The minimum atomic E-state index is -0.686. The molecule has 0 saturated heterocycles. The van der Waals surface area contributed by atoms with Gasteiger partial charge in [0.25, 0.3) is 5.91 Å². The predicted molar refractivity (Wildman–Crippen MR) is 157 cm³/mol. The molecule has 0 saturated carbocycles. The van der Waals surface area contributed by atoms with Crippen LogP contribution in [0, 0.1) is 19.3 Å². The Morgan fingerprint density at radius 3 is 2.27 bits per heavy atom. The number of benzene rings is 3. The van der Waals surface area contributed by atoms with Crippen LogP contribution in [0.3, 0.4) is 0 Å². The number of imidazole rings is 1. The second-order valence-corrected chi connectivity index (χ2v) is 8.89. The van der Waals surface area contributed by atoms with Gasteiger partial charge in [-0.2, -0.15) is 29.2 Å². The van der Waals surface area contributed by atoms with E-state index in [1.807, 2.05) is 6.07 Å². The van der Waals surface area contributed by atoms with E-state index in [4.69, 9.17) is 0 Å². The number of aliphatic hydroxyl groups is 1. The fraction of sp³-hybridized carbons (Fsp3) is 0.167. The van der Waals surface area contributed by atoms with Gasteiger partial charge < -0.3 is 32.6 Å².